The van der Waals surface area contributed by atoms with Crippen LogP contribution in [-0.2, 0) is 5.54 Å². The Balaban J connectivity index is 1.46. The molecular weight excluding hydrogens is 495 g/mol. The third kappa shape index (κ3) is 4.51. The van der Waals surface area contributed by atoms with Crippen LogP contribution in [0.5, 0.6) is 0 Å². The first kappa shape index (κ1) is 25.7. The molecule has 3 atom stereocenters. The Kier molecular flexibility index (Phi) is 6.32. The van der Waals surface area contributed by atoms with E-state index in [1.807, 2.05) is 4.90 Å². The Morgan fingerprint density at radius 1 is 1.19 bits per heavy atom. The maximum atomic E-state index is 14.7. The molecule has 2 heterocycles. The summed E-state index contributed by atoms with van der Waals surface area (Å²) >= 11 is 0. The lowest BCUT2D eigenvalue weighted by atomic mass is 9.47. The zero-order valence-corrected chi connectivity index (χ0v) is 20.5. The number of piperidine rings is 1. The molecular formula is C26H29F5N4O2. The van der Waals surface area contributed by atoms with Crippen LogP contribution >= 0.6 is 0 Å². The first-order valence-corrected chi connectivity index (χ1v) is 12.3. The van der Waals surface area contributed by atoms with Gasteiger partial charge in [0.05, 0.1) is 34.4 Å². The molecule has 1 aliphatic heterocycles. The molecule has 0 unspecified atom stereocenters. The Labute approximate surface area is 210 Å². The summed E-state index contributed by atoms with van der Waals surface area (Å²) in [5.41, 5.74) is -3.17. The molecule has 200 valence electrons. The zero-order chi connectivity index (χ0) is 26.7. The molecule has 3 aliphatic carbocycles. The quantitative estimate of drug-likeness (QED) is 0.525. The topological polar surface area (TPSA) is 66.4 Å². The van der Waals surface area contributed by atoms with Crippen molar-refractivity contribution in [1.29, 1.82) is 0 Å². The van der Waals surface area contributed by atoms with Crippen molar-refractivity contribution < 1.29 is 26.7 Å². The smallest absolute Gasteiger partial charge is 0.266 e. The molecule has 4 fully saturated rings. The minimum atomic E-state index is -3.02. The van der Waals surface area contributed by atoms with Crippen molar-refractivity contribution in [2.75, 3.05) is 25.5 Å². The van der Waals surface area contributed by atoms with Gasteiger partial charge in [-0.25, -0.2) is 22.0 Å². The number of carbonyl (C=O) groups excluding carboxylic acids is 1. The van der Waals surface area contributed by atoms with Crippen LogP contribution < -0.4 is 16.2 Å². The van der Waals surface area contributed by atoms with Crippen LogP contribution in [0.15, 0.2) is 35.3 Å². The number of rotatable bonds is 7. The van der Waals surface area contributed by atoms with Crippen LogP contribution in [0.2, 0.25) is 0 Å². The van der Waals surface area contributed by atoms with E-state index in [2.05, 4.69) is 10.6 Å². The largest absolute Gasteiger partial charge is 0.378 e. The maximum Gasteiger partial charge on any atom is 0.266 e. The molecule has 0 spiro atoms. The van der Waals surface area contributed by atoms with Gasteiger partial charge < -0.3 is 20.1 Å². The highest BCUT2D eigenvalue weighted by atomic mass is 19.3. The fourth-order valence-corrected chi connectivity index (χ4v) is 5.92. The first-order chi connectivity index (χ1) is 17.4. The highest BCUT2D eigenvalue weighted by Gasteiger charge is 2.70. The molecule has 1 aromatic carbocycles. The van der Waals surface area contributed by atoms with Crippen LogP contribution in [0.4, 0.5) is 27.6 Å². The molecule has 11 heteroatoms. The third-order valence-electron chi connectivity index (χ3n) is 7.94. The summed E-state index contributed by atoms with van der Waals surface area (Å²) in [4.78, 5) is 28.2. The van der Waals surface area contributed by atoms with Gasteiger partial charge in [-0.3, -0.25) is 9.59 Å². The molecule has 4 aliphatic rings. The van der Waals surface area contributed by atoms with E-state index in [0.29, 0.717) is 13.0 Å². The molecule has 3 saturated carbocycles. The lowest BCUT2D eigenvalue weighted by Gasteiger charge is -2.66. The summed E-state index contributed by atoms with van der Waals surface area (Å²) < 4.78 is 71.3. The number of pyridine rings is 1. The van der Waals surface area contributed by atoms with E-state index in [-0.39, 0.29) is 42.6 Å². The van der Waals surface area contributed by atoms with Gasteiger partial charge >= 0.3 is 0 Å². The van der Waals surface area contributed by atoms with Crippen LogP contribution in [0, 0.1) is 5.82 Å². The second-order valence-electron chi connectivity index (χ2n) is 10.8. The molecule has 0 radical (unpaired) electrons. The van der Waals surface area contributed by atoms with Gasteiger partial charge in [0, 0.05) is 50.2 Å². The van der Waals surface area contributed by atoms with Crippen molar-refractivity contribution in [3.63, 3.8) is 0 Å². The minimum Gasteiger partial charge on any atom is -0.378 e. The highest BCUT2D eigenvalue weighted by Crippen LogP contribution is 2.67. The van der Waals surface area contributed by atoms with Crippen molar-refractivity contribution >= 4 is 11.6 Å². The van der Waals surface area contributed by atoms with E-state index in [9.17, 15) is 31.5 Å². The van der Waals surface area contributed by atoms with Crippen LogP contribution in [0.3, 0.4) is 0 Å². The fourth-order valence-electron chi connectivity index (χ4n) is 5.92. The highest BCUT2D eigenvalue weighted by molar-refractivity contribution is 5.99. The van der Waals surface area contributed by atoms with Crippen molar-refractivity contribution in [3.05, 3.63) is 63.3 Å². The normalized spacial score (nSPS) is 29.8. The van der Waals surface area contributed by atoms with E-state index in [1.165, 1.54) is 35.9 Å². The van der Waals surface area contributed by atoms with Gasteiger partial charge in [0.1, 0.15) is 17.7 Å². The van der Waals surface area contributed by atoms with Gasteiger partial charge in [0.25, 0.3) is 17.9 Å². The molecule has 1 amide bonds. The van der Waals surface area contributed by atoms with Crippen molar-refractivity contribution in [2.24, 2.45) is 0 Å². The molecule has 2 bridgehead atoms. The molecule has 2 N–H and O–H groups in total. The van der Waals surface area contributed by atoms with Crippen molar-refractivity contribution in [1.82, 2.24) is 14.8 Å². The number of hydrogen-bond acceptors (Lipinski definition) is 4. The van der Waals surface area contributed by atoms with E-state index in [4.69, 9.17) is 0 Å². The van der Waals surface area contributed by atoms with Crippen molar-refractivity contribution in [2.45, 2.75) is 68.5 Å². The standard InChI is InChI=1S/C26H29F5N4O2/c1-14(15-4-3-5-16(22(15)28)23(29)30)32-24(37)17-9-35(26-11-25(31,12-26)13-26)21(36)8-20(17)33-19-6-7-34(2)10-18(19)27/h3-5,8-9,14,18-19,23,33H,6-7,10-13H2,1-2H3,(H,32,37)/t14-,18-,19+,25?,26?/m1/s1. The van der Waals surface area contributed by atoms with Crippen LogP contribution in [0.25, 0.3) is 0 Å². The summed E-state index contributed by atoms with van der Waals surface area (Å²) in [5.74, 6) is -1.81. The summed E-state index contributed by atoms with van der Waals surface area (Å²) in [7, 11) is 1.80. The molecule has 37 heavy (non-hydrogen) atoms. The fraction of sp³-hybridized carbons (Fsp3) is 0.538. The predicted octanol–water partition coefficient (Wildman–Crippen LogP) is 4.47. The number of halogens is 5. The zero-order valence-electron chi connectivity index (χ0n) is 20.5. The van der Waals surface area contributed by atoms with Gasteiger partial charge in [0.2, 0.25) is 0 Å². The Hall–Kier alpha value is -2.95. The molecule has 2 aromatic rings. The minimum absolute atomic E-state index is 0.0145. The number of nitrogens with one attached hydrogen (secondary N) is 2. The van der Waals surface area contributed by atoms with Crippen molar-refractivity contribution in [3.8, 4) is 0 Å². The first-order valence-electron chi connectivity index (χ1n) is 12.3. The monoisotopic (exact) mass is 524 g/mol. The number of aromatic nitrogens is 1. The average molecular weight is 525 g/mol. The number of anilines is 1. The van der Waals surface area contributed by atoms with Crippen LogP contribution in [0.1, 0.15) is 66.6 Å². The van der Waals surface area contributed by atoms with E-state index < -0.39 is 58.7 Å². The lowest BCUT2D eigenvalue weighted by Crippen LogP contribution is -2.71. The number of nitrogens with zero attached hydrogens (tertiary/aromatic N) is 2. The number of alkyl halides is 4. The van der Waals surface area contributed by atoms with Crippen LogP contribution in [-0.4, -0.2) is 53.4 Å². The lowest BCUT2D eigenvalue weighted by molar-refractivity contribution is -0.199. The van der Waals surface area contributed by atoms with Gasteiger partial charge in [-0.2, -0.15) is 0 Å². The number of hydrogen-bond donors (Lipinski definition) is 2. The number of amides is 1. The number of carbonyl (C=O) groups is 1. The number of benzene rings is 1. The Morgan fingerprint density at radius 3 is 2.49 bits per heavy atom. The SMILES string of the molecule is C[C@@H](NC(=O)c1cn(C23CC(F)(C2)C3)c(=O)cc1N[C@H]1CCN(C)C[C@H]1F)c1cccc(C(F)F)c1F. The molecule has 6 nitrogen and oxygen atoms in total. The van der Waals surface area contributed by atoms with E-state index in [0.717, 1.165) is 6.07 Å². The summed E-state index contributed by atoms with van der Waals surface area (Å²) in [6.45, 7) is 2.27. The average Bonchev–Trinajstić information content (AvgIpc) is 2.78. The van der Waals surface area contributed by atoms with E-state index >= 15 is 0 Å². The van der Waals surface area contributed by atoms with Gasteiger partial charge in [-0.1, -0.05) is 18.2 Å². The molecule has 6 rings (SSSR count). The predicted molar refractivity (Wildman–Crippen MR) is 128 cm³/mol. The van der Waals surface area contributed by atoms with Gasteiger partial charge in [-0.15, -0.1) is 0 Å². The Bertz CT molecular complexity index is 1260. The summed E-state index contributed by atoms with van der Waals surface area (Å²) in [5, 5.41) is 5.62. The summed E-state index contributed by atoms with van der Waals surface area (Å²) in [6, 6.07) is 3.16. The van der Waals surface area contributed by atoms with E-state index in [1.54, 1.807) is 7.05 Å². The molecule has 1 aromatic heterocycles. The Morgan fingerprint density at radius 2 is 1.86 bits per heavy atom. The maximum absolute atomic E-state index is 14.7. The third-order valence-corrected chi connectivity index (χ3v) is 7.94. The molecule has 1 saturated heterocycles. The number of likely N-dealkylation sites (tertiary alicyclic amines) is 1. The summed E-state index contributed by atoms with van der Waals surface area (Å²) in [6.07, 6.45) is -1.94. The van der Waals surface area contributed by atoms with Gasteiger partial charge in [0.15, 0.2) is 0 Å². The second-order valence-corrected chi connectivity index (χ2v) is 10.8. The second kappa shape index (κ2) is 9.11. The van der Waals surface area contributed by atoms with Gasteiger partial charge in [-0.05, 0) is 20.4 Å².